The van der Waals surface area contributed by atoms with Crippen LogP contribution < -0.4 is 0 Å². The Labute approximate surface area is 136 Å². The van der Waals surface area contributed by atoms with E-state index in [-0.39, 0.29) is 10.8 Å². The summed E-state index contributed by atoms with van der Waals surface area (Å²) in [6.07, 6.45) is 0. The summed E-state index contributed by atoms with van der Waals surface area (Å²) in [5.74, 6) is 0.965. The lowest BCUT2D eigenvalue weighted by molar-refractivity contribution is 0.186. The van der Waals surface area contributed by atoms with E-state index in [0.717, 1.165) is 0 Å². The standard InChI is InChI=1S/C22H30/c1-21(2,3)19(17-13-9-7-10-14-17)20(22(4,5)6)18-15-11-8-12-16-18/h7-16,19-20H,1-6H3/t19-,20-/m0/s1. The maximum Gasteiger partial charge on any atom is -0.00394 e. The lowest BCUT2D eigenvalue weighted by Gasteiger charge is -2.44. The van der Waals surface area contributed by atoms with Gasteiger partial charge in [-0.25, -0.2) is 0 Å². The van der Waals surface area contributed by atoms with E-state index in [4.69, 9.17) is 0 Å². The van der Waals surface area contributed by atoms with Gasteiger partial charge in [0, 0.05) is 0 Å². The normalized spacial score (nSPS) is 15.4. The fourth-order valence-corrected chi connectivity index (χ4v) is 3.71. The predicted octanol–water partition coefficient (Wildman–Crippen LogP) is 6.65. The number of hydrogen-bond donors (Lipinski definition) is 0. The van der Waals surface area contributed by atoms with E-state index >= 15 is 0 Å². The molecule has 0 bridgehead atoms. The van der Waals surface area contributed by atoms with E-state index in [9.17, 15) is 0 Å². The van der Waals surface area contributed by atoms with Gasteiger partial charge in [-0.3, -0.25) is 0 Å². The van der Waals surface area contributed by atoms with Gasteiger partial charge in [-0.05, 0) is 33.8 Å². The van der Waals surface area contributed by atoms with E-state index in [1.807, 2.05) is 0 Å². The van der Waals surface area contributed by atoms with Crippen LogP contribution in [0.5, 0.6) is 0 Å². The van der Waals surface area contributed by atoms with Crippen molar-refractivity contribution in [1.29, 1.82) is 0 Å². The van der Waals surface area contributed by atoms with E-state index in [2.05, 4.69) is 102 Å². The van der Waals surface area contributed by atoms with Crippen LogP contribution in [0.15, 0.2) is 60.7 Å². The minimum Gasteiger partial charge on any atom is -0.0622 e. The zero-order valence-electron chi connectivity index (χ0n) is 14.9. The maximum atomic E-state index is 2.37. The Morgan fingerprint density at radius 3 is 1.00 bits per heavy atom. The molecule has 2 atom stereocenters. The van der Waals surface area contributed by atoms with Crippen molar-refractivity contribution in [2.24, 2.45) is 10.8 Å². The molecule has 2 aromatic carbocycles. The van der Waals surface area contributed by atoms with Gasteiger partial charge in [-0.2, -0.15) is 0 Å². The molecular weight excluding hydrogens is 264 g/mol. The summed E-state index contributed by atoms with van der Waals surface area (Å²) in [6.45, 7) is 14.2. The first-order chi connectivity index (χ1) is 10.2. The molecule has 22 heavy (non-hydrogen) atoms. The van der Waals surface area contributed by atoms with Crippen molar-refractivity contribution in [1.82, 2.24) is 0 Å². The Hall–Kier alpha value is -1.56. The molecule has 0 N–H and O–H groups in total. The minimum atomic E-state index is 0.204. The van der Waals surface area contributed by atoms with Crippen LogP contribution in [0.1, 0.15) is 64.5 Å². The summed E-state index contributed by atoms with van der Waals surface area (Å²) < 4.78 is 0. The maximum absolute atomic E-state index is 2.37. The summed E-state index contributed by atoms with van der Waals surface area (Å²) in [6, 6.07) is 22.0. The molecule has 2 rings (SSSR count). The molecule has 0 heterocycles. The van der Waals surface area contributed by atoms with Crippen molar-refractivity contribution in [2.45, 2.75) is 53.4 Å². The van der Waals surface area contributed by atoms with Gasteiger partial charge in [0.15, 0.2) is 0 Å². The predicted molar refractivity (Wildman–Crippen MR) is 97.3 cm³/mol. The first-order valence-corrected chi connectivity index (χ1v) is 8.31. The summed E-state index contributed by atoms with van der Waals surface area (Å²) in [5, 5.41) is 0. The van der Waals surface area contributed by atoms with Crippen molar-refractivity contribution in [3.63, 3.8) is 0 Å². The van der Waals surface area contributed by atoms with Crippen LogP contribution in [0.4, 0.5) is 0 Å². The smallest absolute Gasteiger partial charge is 0.00394 e. The van der Waals surface area contributed by atoms with Crippen molar-refractivity contribution in [3.8, 4) is 0 Å². The summed E-state index contributed by atoms with van der Waals surface area (Å²) in [5.41, 5.74) is 3.29. The van der Waals surface area contributed by atoms with Crippen molar-refractivity contribution in [2.75, 3.05) is 0 Å². The van der Waals surface area contributed by atoms with Crippen LogP contribution in [0.3, 0.4) is 0 Å². The molecule has 0 fully saturated rings. The third kappa shape index (κ3) is 3.80. The number of hydrogen-bond acceptors (Lipinski definition) is 0. The van der Waals surface area contributed by atoms with Crippen LogP contribution in [-0.4, -0.2) is 0 Å². The topological polar surface area (TPSA) is 0 Å². The summed E-state index contributed by atoms with van der Waals surface area (Å²) in [4.78, 5) is 0. The zero-order chi connectivity index (χ0) is 16.4. The molecule has 0 spiro atoms. The van der Waals surface area contributed by atoms with Gasteiger partial charge in [-0.15, -0.1) is 0 Å². The Morgan fingerprint density at radius 1 is 0.500 bits per heavy atom. The first kappa shape index (κ1) is 16.8. The van der Waals surface area contributed by atoms with Crippen LogP contribution in [0.25, 0.3) is 0 Å². The van der Waals surface area contributed by atoms with Crippen molar-refractivity contribution >= 4 is 0 Å². The lowest BCUT2D eigenvalue weighted by Crippen LogP contribution is -2.32. The molecule has 0 saturated carbocycles. The van der Waals surface area contributed by atoms with E-state index < -0.39 is 0 Å². The van der Waals surface area contributed by atoms with Gasteiger partial charge in [-0.1, -0.05) is 102 Å². The highest BCUT2D eigenvalue weighted by Crippen LogP contribution is 2.52. The fourth-order valence-electron chi connectivity index (χ4n) is 3.71. The molecule has 0 saturated heterocycles. The Balaban J connectivity index is 2.60. The van der Waals surface area contributed by atoms with Crippen LogP contribution in [0.2, 0.25) is 0 Å². The summed E-state index contributed by atoms with van der Waals surface area (Å²) in [7, 11) is 0. The summed E-state index contributed by atoms with van der Waals surface area (Å²) >= 11 is 0. The second-order valence-electron chi connectivity index (χ2n) is 8.51. The van der Waals surface area contributed by atoms with Crippen molar-refractivity contribution in [3.05, 3.63) is 71.8 Å². The molecule has 2 aromatic rings. The van der Waals surface area contributed by atoms with E-state index in [1.165, 1.54) is 11.1 Å². The molecule has 0 nitrogen and oxygen atoms in total. The molecule has 0 amide bonds. The highest BCUT2D eigenvalue weighted by molar-refractivity contribution is 5.32. The fraction of sp³-hybridized carbons (Fsp3) is 0.455. The molecule has 118 valence electrons. The lowest BCUT2D eigenvalue weighted by atomic mass is 9.60. The average molecular weight is 294 g/mol. The highest BCUT2D eigenvalue weighted by atomic mass is 14.4. The Bertz CT molecular complexity index is 511. The Kier molecular flexibility index (Phi) is 4.80. The van der Waals surface area contributed by atoms with Gasteiger partial charge in [0.05, 0.1) is 0 Å². The SMILES string of the molecule is CC(C)(C)[C@@H](c1ccccc1)[C@H](c1ccccc1)C(C)(C)C. The second kappa shape index (κ2) is 6.28. The minimum absolute atomic E-state index is 0.204. The molecule has 0 unspecified atom stereocenters. The molecule has 0 radical (unpaired) electrons. The Morgan fingerprint density at radius 2 is 0.773 bits per heavy atom. The molecule has 0 aromatic heterocycles. The zero-order valence-corrected chi connectivity index (χ0v) is 14.9. The molecule has 0 aliphatic rings. The van der Waals surface area contributed by atoms with E-state index in [1.54, 1.807) is 0 Å². The number of rotatable bonds is 3. The highest BCUT2D eigenvalue weighted by Gasteiger charge is 2.40. The van der Waals surface area contributed by atoms with Crippen LogP contribution >= 0.6 is 0 Å². The largest absolute Gasteiger partial charge is 0.0622 e. The molecule has 0 heteroatoms. The molecule has 0 aliphatic heterocycles. The van der Waals surface area contributed by atoms with Gasteiger partial charge < -0.3 is 0 Å². The average Bonchev–Trinajstić information content (AvgIpc) is 2.44. The van der Waals surface area contributed by atoms with Crippen LogP contribution in [0, 0.1) is 10.8 Å². The second-order valence-corrected chi connectivity index (χ2v) is 8.51. The molecular formula is C22H30. The van der Waals surface area contributed by atoms with E-state index in [0.29, 0.717) is 11.8 Å². The van der Waals surface area contributed by atoms with Gasteiger partial charge in [0.25, 0.3) is 0 Å². The van der Waals surface area contributed by atoms with Crippen molar-refractivity contribution < 1.29 is 0 Å². The monoisotopic (exact) mass is 294 g/mol. The van der Waals surface area contributed by atoms with Gasteiger partial charge in [0.1, 0.15) is 0 Å². The quantitative estimate of drug-likeness (QED) is 0.594. The third-order valence-electron chi connectivity index (χ3n) is 4.52. The molecule has 0 aliphatic carbocycles. The number of benzene rings is 2. The van der Waals surface area contributed by atoms with Gasteiger partial charge in [0.2, 0.25) is 0 Å². The van der Waals surface area contributed by atoms with Crippen LogP contribution in [-0.2, 0) is 0 Å². The first-order valence-electron chi connectivity index (χ1n) is 8.31. The van der Waals surface area contributed by atoms with Gasteiger partial charge >= 0.3 is 0 Å². The third-order valence-corrected chi connectivity index (χ3v) is 4.52.